The maximum absolute atomic E-state index is 13.4. The second kappa shape index (κ2) is 11.6. The van der Waals surface area contributed by atoms with Gasteiger partial charge in [0.1, 0.15) is 5.60 Å². The van der Waals surface area contributed by atoms with Crippen LogP contribution in [0.2, 0.25) is 0 Å². The first-order valence-corrected chi connectivity index (χ1v) is 15.5. The molecule has 1 amide bonds. The largest absolute Gasteiger partial charge is 0.458 e. The zero-order valence-electron chi connectivity index (χ0n) is 24.5. The zero-order valence-corrected chi connectivity index (χ0v) is 24.5. The molecule has 0 aromatic heterocycles. The van der Waals surface area contributed by atoms with Gasteiger partial charge in [-0.2, -0.15) is 0 Å². The summed E-state index contributed by atoms with van der Waals surface area (Å²) in [5.74, 6) is -1.40. The van der Waals surface area contributed by atoms with Gasteiger partial charge in [-0.3, -0.25) is 19.2 Å². The predicted octanol–water partition coefficient (Wildman–Crippen LogP) is 3.90. The van der Waals surface area contributed by atoms with Gasteiger partial charge in [0.05, 0.1) is 12.5 Å². The predicted molar refractivity (Wildman–Crippen MR) is 152 cm³/mol. The van der Waals surface area contributed by atoms with Crippen molar-refractivity contribution in [2.75, 3.05) is 13.2 Å². The molecule has 0 bridgehead atoms. The van der Waals surface area contributed by atoms with E-state index in [2.05, 4.69) is 18.3 Å². The Labute approximate surface area is 242 Å². The molecule has 0 heterocycles. The summed E-state index contributed by atoms with van der Waals surface area (Å²) in [6.45, 7) is 3.98. The van der Waals surface area contributed by atoms with Crippen LogP contribution in [0.1, 0.15) is 90.9 Å². The zero-order chi connectivity index (χ0) is 29.4. The fourth-order valence-corrected chi connectivity index (χ4v) is 8.92. The number of carbonyl (C=O) groups is 4. The molecule has 5 rings (SSSR count). The first-order chi connectivity index (χ1) is 19.5. The number of allylic oxidation sites excluding steroid dienone is 5. The van der Waals surface area contributed by atoms with Gasteiger partial charge in [0, 0.05) is 29.7 Å². The lowest BCUT2D eigenvalue weighted by Crippen LogP contribution is -2.61. The van der Waals surface area contributed by atoms with E-state index in [0.29, 0.717) is 13.0 Å². The summed E-state index contributed by atoms with van der Waals surface area (Å²) in [4.78, 5) is 50.0. The average Bonchev–Trinajstić information content (AvgIpc) is 3.22. The molecule has 8 nitrogen and oxygen atoms in total. The third kappa shape index (κ3) is 5.50. The Balaban J connectivity index is 1.14. The quantitative estimate of drug-likeness (QED) is 0.285. The van der Waals surface area contributed by atoms with Gasteiger partial charge < -0.3 is 20.3 Å². The van der Waals surface area contributed by atoms with Crippen LogP contribution >= 0.6 is 0 Å². The molecule has 0 radical (unpaired) electrons. The Hall–Kier alpha value is -2.58. The number of hydrogen-bond donors (Lipinski definition) is 3. The van der Waals surface area contributed by atoms with Gasteiger partial charge in [-0.05, 0) is 88.2 Å². The monoisotopic (exact) mass is 567 g/mol. The van der Waals surface area contributed by atoms with E-state index in [9.17, 15) is 29.4 Å². The average molecular weight is 568 g/mol. The topological polar surface area (TPSA) is 130 Å². The number of ether oxygens (including phenoxy) is 1. The van der Waals surface area contributed by atoms with E-state index in [4.69, 9.17) is 4.74 Å². The van der Waals surface area contributed by atoms with Crippen LogP contribution in [-0.4, -0.2) is 58.5 Å². The van der Waals surface area contributed by atoms with E-state index in [-0.39, 0.29) is 55.1 Å². The van der Waals surface area contributed by atoms with Crippen molar-refractivity contribution in [2.45, 2.75) is 103 Å². The molecule has 7 atom stereocenters. The first kappa shape index (κ1) is 29.9. The summed E-state index contributed by atoms with van der Waals surface area (Å²) in [6, 6.07) is 0. The van der Waals surface area contributed by atoms with Crippen molar-refractivity contribution in [1.82, 2.24) is 5.32 Å². The fraction of sp³-hybridized carbons (Fsp3) is 0.697. The standard InChI is InChI=1S/C33H45NO7/c1-31-15-12-23(35)18-22(31)8-9-24-25-13-16-33(40,32(25,2)19-26(36)30(24)31)27(37)20-41-29(39)11-10-28(38)34-17-14-21-6-4-3-5-7-21/h6,12,15,18,24-26,30,36,40H,3-5,7-11,13-14,16-17,19-20H2,1-2H3,(H,34,38). The number of esters is 1. The SMILES string of the molecule is CC12C=CC(=O)C=C1CCC1C2C(O)CC2(C)C1CCC2(O)C(=O)COC(=O)CCC(=O)NCCC1=CCCCC1. The van der Waals surface area contributed by atoms with Gasteiger partial charge in [-0.1, -0.05) is 37.1 Å². The highest BCUT2D eigenvalue weighted by Gasteiger charge is 2.68. The van der Waals surface area contributed by atoms with Crippen LogP contribution in [0.25, 0.3) is 0 Å². The third-order valence-electron chi connectivity index (χ3n) is 11.2. The van der Waals surface area contributed by atoms with Crippen LogP contribution in [0.15, 0.2) is 35.5 Å². The molecule has 0 saturated heterocycles. The molecule has 224 valence electrons. The Kier molecular flexibility index (Phi) is 8.46. The fourth-order valence-electron chi connectivity index (χ4n) is 8.92. The van der Waals surface area contributed by atoms with Crippen LogP contribution < -0.4 is 5.32 Å². The lowest BCUT2D eigenvalue weighted by Gasteiger charge is -2.59. The second-order valence-corrected chi connectivity index (χ2v) is 13.4. The van der Waals surface area contributed by atoms with Gasteiger partial charge in [-0.15, -0.1) is 0 Å². The lowest BCUT2D eigenvalue weighted by molar-refractivity contribution is -0.181. The molecule has 0 aromatic rings. The summed E-state index contributed by atoms with van der Waals surface area (Å²) in [7, 11) is 0. The van der Waals surface area contributed by atoms with E-state index in [0.717, 1.165) is 37.7 Å². The van der Waals surface area contributed by atoms with Crippen LogP contribution in [0, 0.1) is 28.6 Å². The normalized spacial score (nSPS) is 37.7. The summed E-state index contributed by atoms with van der Waals surface area (Å²) >= 11 is 0. The van der Waals surface area contributed by atoms with Gasteiger partial charge in [0.25, 0.3) is 0 Å². The van der Waals surface area contributed by atoms with Crippen molar-refractivity contribution >= 4 is 23.4 Å². The number of carbonyl (C=O) groups excluding carboxylic acids is 4. The summed E-state index contributed by atoms with van der Waals surface area (Å²) < 4.78 is 5.24. The molecule has 7 unspecified atom stereocenters. The Morgan fingerprint density at radius 1 is 1.12 bits per heavy atom. The number of amides is 1. The van der Waals surface area contributed by atoms with E-state index < -0.39 is 40.9 Å². The number of fused-ring (bicyclic) bond motifs is 5. The van der Waals surface area contributed by atoms with Crippen molar-refractivity contribution in [3.05, 3.63) is 35.5 Å². The maximum Gasteiger partial charge on any atom is 0.306 e. The molecular formula is C33H45NO7. The maximum atomic E-state index is 13.4. The van der Waals surface area contributed by atoms with Crippen LogP contribution in [0.3, 0.4) is 0 Å². The minimum absolute atomic E-state index is 0.0133. The molecule has 0 aromatic carbocycles. The Bertz CT molecular complexity index is 1190. The minimum Gasteiger partial charge on any atom is -0.458 e. The van der Waals surface area contributed by atoms with E-state index >= 15 is 0 Å². The highest BCUT2D eigenvalue weighted by atomic mass is 16.5. The van der Waals surface area contributed by atoms with Crippen molar-refractivity contribution in [2.24, 2.45) is 28.6 Å². The Morgan fingerprint density at radius 3 is 2.68 bits per heavy atom. The number of ketones is 2. The van der Waals surface area contributed by atoms with Crippen molar-refractivity contribution in [3.8, 4) is 0 Å². The van der Waals surface area contributed by atoms with Crippen molar-refractivity contribution in [3.63, 3.8) is 0 Å². The lowest BCUT2D eigenvalue weighted by atomic mass is 9.46. The smallest absolute Gasteiger partial charge is 0.306 e. The third-order valence-corrected chi connectivity index (χ3v) is 11.2. The van der Waals surface area contributed by atoms with Gasteiger partial charge >= 0.3 is 5.97 Å². The van der Waals surface area contributed by atoms with E-state index in [1.165, 1.54) is 18.4 Å². The molecule has 8 heteroatoms. The molecule has 3 fully saturated rings. The number of hydrogen-bond acceptors (Lipinski definition) is 7. The molecule has 3 N–H and O–H groups in total. The number of rotatable bonds is 9. The molecule has 0 spiro atoms. The minimum atomic E-state index is -1.70. The molecule has 0 aliphatic heterocycles. The summed E-state index contributed by atoms with van der Waals surface area (Å²) in [5.41, 5.74) is -0.545. The Morgan fingerprint density at radius 2 is 1.93 bits per heavy atom. The summed E-state index contributed by atoms with van der Waals surface area (Å²) in [6.07, 6.45) is 14.7. The molecular weight excluding hydrogens is 522 g/mol. The van der Waals surface area contributed by atoms with Crippen molar-refractivity contribution < 1.29 is 34.1 Å². The highest BCUT2D eigenvalue weighted by molar-refractivity contribution is 6.01. The van der Waals surface area contributed by atoms with Gasteiger partial charge in [0.2, 0.25) is 11.7 Å². The summed E-state index contributed by atoms with van der Waals surface area (Å²) in [5, 5.41) is 26.1. The molecule has 5 aliphatic carbocycles. The van der Waals surface area contributed by atoms with Gasteiger partial charge in [0.15, 0.2) is 12.4 Å². The highest BCUT2D eigenvalue weighted by Crippen LogP contribution is 2.67. The number of nitrogens with one attached hydrogen (secondary N) is 1. The van der Waals surface area contributed by atoms with E-state index in [1.807, 2.05) is 13.0 Å². The number of aliphatic hydroxyl groups excluding tert-OH is 1. The second-order valence-electron chi connectivity index (χ2n) is 13.4. The molecule has 3 saturated carbocycles. The molecule has 41 heavy (non-hydrogen) atoms. The van der Waals surface area contributed by atoms with E-state index in [1.54, 1.807) is 12.2 Å². The number of aliphatic hydroxyl groups is 2. The molecule has 5 aliphatic rings. The van der Waals surface area contributed by atoms with Crippen LogP contribution in [0.5, 0.6) is 0 Å². The number of Topliss-reactive ketones (excluding diaryl/α,β-unsaturated/α-hetero) is 1. The van der Waals surface area contributed by atoms with Crippen LogP contribution in [0.4, 0.5) is 0 Å². The van der Waals surface area contributed by atoms with Gasteiger partial charge in [-0.25, -0.2) is 0 Å². The first-order valence-electron chi connectivity index (χ1n) is 15.5. The van der Waals surface area contributed by atoms with Crippen molar-refractivity contribution in [1.29, 1.82) is 0 Å². The van der Waals surface area contributed by atoms with Crippen LogP contribution in [-0.2, 0) is 23.9 Å².